The first-order chi connectivity index (χ1) is 13.7. The molecular formula is C21H27N3O4S. The maximum absolute atomic E-state index is 12.7. The van der Waals surface area contributed by atoms with E-state index in [9.17, 15) is 18.0 Å². The summed E-state index contributed by atoms with van der Waals surface area (Å²) in [6, 6.07) is 11.2. The summed E-state index contributed by atoms with van der Waals surface area (Å²) in [5.74, 6) is -0.552. The van der Waals surface area contributed by atoms with E-state index < -0.39 is 15.9 Å². The van der Waals surface area contributed by atoms with Crippen LogP contribution in [0.3, 0.4) is 0 Å². The van der Waals surface area contributed by atoms with Crippen molar-refractivity contribution in [2.24, 2.45) is 0 Å². The molecule has 2 rings (SSSR count). The molecule has 0 saturated heterocycles. The predicted octanol–water partition coefficient (Wildman–Crippen LogP) is 3.63. The van der Waals surface area contributed by atoms with Crippen LogP contribution in [-0.2, 0) is 14.8 Å². The van der Waals surface area contributed by atoms with Crippen molar-refractivity contribution < 1.29 is 18.0 Å². The standard InChI is InChI=1S/C21H27N3O4S/c1-5-20(25)22-17-12-11-15(4)19(14-17)23-21(26)16-9-8-10-18(13-16)29(27,28)24(6-2)7-3/h8-14H,5-7H2,1-4H3,(H,22,25)(H,23,26). The van der Waals surface area contributed by atoms with Gasteiger partial charge in [-0.05, 0) is 42.8 Å². The molecule has 2 amide bonds. The Morgan fingerprint density at radius 2 is 1.66 bits per heavy atom. The molecule has 0 aliphatic rings. The van der Waals surface area contributed by atoms with Gasteiger partial charge in [0.05, 0.1) is 4.90 Å². The minimum Gasteiger partial charge on any atom is -0.326 e. The minimum absolute atomic E-state index is 0.0783. The van der Waals surface area contributed by atoms with Crippen LogP contribution in [0.2, 0.25) is 0 Å². The zero-order valence-electron chi connectivity index (χ0n) is 17.2. The summed E-state index contributed by atoms with van der Waals surface area (Å²) in [6.45, 7) is 7.83. The minimum atomic E-state index is -3.66. The average molecular weight is 418 g/mol. The largest absolute Gasteiger partial charge is 0.326 e. The number of hydrogen-bond acceptors (Lipinski definition) is 4. The molecule has 0 heterocycles. The monoisotopic (exact) mass is 417 g/mol. The van der Waals surface area contributed by atoms with Crippen molar-refractivity contribution in [2.45, 2.75) is 39.0 Å². The van der Waals surface area contributed by atoms with Gasteiger partial charge in [0.15, 0.2) is 0 Å². The van der Waals surface area contributed by atoms with Gasteiger partial charge in [0.2, 0.25) is 15.9 Å². The van der Waals surface area contributed by atoms with Gasteiger partial charge in [-0.2, -0.15) is 4.31 Å². The zero-order valence-corrected chi connectivity index (χ0v) is 18.0. The van der Waals surface area contributed by atoms with E-state index in [1.165, 1.54) is 16.4 Å². The van der Waals surface area contributed by atoms with Crippen LogP contribution in [-0.4, -0.2) is 37.6 Å². The molecule has 0 aromatic heterocycles. The Bertz CT molecular complexity index is 999. The molecular weight excluding hydrogens is 390 g/mol. The van der Waals surface area contributed by atoms with E-state index in [1.54, 1.807) is 51.1 Å². The number of rotatable bonds is 8. The van der Waals surface area contributed by atoms with Crippen LogP contribution in [0, 0.1) is 6.92 Å². The fourth-order valence-electron chi connectivity index (χ4n) is 2.79. The molecule has 7 nitrogen and oxygen atoms in total. The first-order valence-corrected chi connectivity index (χ1v) is 11.0. The number of nitrogens with zero attached hydrogens (tertiary/aromatic N) is 1. The van der Waals surface area contributed by atoms with E-state index in [0.29, 0.717) is 30.9 Å². The van der Waals surface area contributed by atoms with Gasteiger partial charge in [-0.1, -0.05) is 32.9 Å². The number of aryl methyl sites for hydroxylation is 1. The van der Waals surface area contributed by atoms with Gasteiger partial charge >= 0.3 is 0 Å². The molecule has 0 spiro atoms. The van der Waals surface area contributed by atoms with Crippen molar-refractivity contribution in [1.29, 1.82) is 0 Å². The number of carbonyl (C=O) groups excluding carboxylic acids is 2. The second-order valence-corrected chi connectivity index (χ2v) is 8.44. The predicted molar refractivity (Wildman–Crippen MR) is 115 cm³/mol. The molecule has 0 fully saturated rings. The summed E-state index contributed by atoms with van der Waals surface area (Å²) >= 11 is 0. The lowest BCUT2D eigenvalue weighted by Crippen LogP contribution is -2.30. The Hall–Kier alpha value is -2.71. The van der Waals surface area contributed by atoms with Crippen molar-refractivity contribution in [3.05, 3.63) is 53.6 Å². The maximum atomic E-state index is 12.7. The van der Waals surface area contributed by atoms with Gasteiger partial charge in [-0.3, -0.25) is 9.59 Å². The third kappa shape index (κ3) is 5.42. The quantitative estimate of drug-likeness (QED) is 0.686. The Labute approximate surface area is 172 Å². The SMILES string of the molecule is CCC(=O)Nc1ccc(C)c(NC(=O)c2cccc(S(=O)(=O)N(CC)CC)c2)c1. The summed E-state index contributed by atoms with van der Waals surface area (Å²) in [5.41, 5.74) is 2.18. The lowest BCUT2D eigenvalue weighted by molar-refractivity contribution is -0.115. The Kier molecular flexibility index (Phi) is 7.53. The maximum Gasteiger partial charge on any atom is 0.255 e. The molecule has 0 radical (unpaired) electrons. The Morgan fingerprint density at radius 1 is 0.966 bits per heavy atom. The van der Waals surface area contributed by atoms with E-state index in [-0.39, 0.29) is 16.4 Å². The van der Waals surface area contributed by atoms with Crippen LogP contribution in [0.15, 0.2) is 47.4 Å². The first-order valence-electron chi connectivity index (χ1n) is 9.55. The molecule has 29 heavy (non-hydrogen) atoms. The van der Waals surface area contributed by atoms with E-state index in [1.807, 2.05) is 6.92 Å². The van der Waals surface area contributed by atoms with Crippen LogP contribution in [0.1, 0.15) is 43.1 Å². The summed E-state index contributed by atoms with van der Waals surface area (Å²) in [4.78, 5) is 24.4. The van der Waals surface area contributed by atoms with Crippen molar-refractivity contribution in [3.8, 4) is 0 Å². The second kappa shape index (κ2) is 9.67. The summed E-state index contributed by atoms with van der Waals surface area (Å²) in [6.07, 6.45) is 0.351. The second-order valence-electron chi connectivity index (χ2n) is 6.50. The van der Waals surface area contributed by atoms with Gasteiger partial charge in [0.25, 0.3) is 5.91 Å². The van der Waals surface area contributed by atoms with Crippen molar-refractivity contribution in [3.63, 3.8) is 0 Å². The summed E-state index contributed by atoms with van der Waals surface area (Å²) in [7, 11) is -3.66. The van der Waals surface area contributed by atoms with Crippen molar-refractivity contribution in [2.75, 3.05) is 23.7 Å². The summed E-state index contributed by atoms with van der Waals surface area (Å²) in [5, 5.41) is 5.55. The number of nitrogens with one attached hydrogen (secondary N) is 2. The molecule has 0 bridgehead atoms. The highest BCUT2D eigenvalue weighted by atomic mass is 32.2. The number of carbonyl (C=O) groups is 2. The number of sulfonamides is 1. The number of amides is 2. The van der Waals surface area contributed by atoms with Crippen molar-refractivity contribution >= 4 is 33.2 Å². The molecule has 0 aliphatic heterocycles. The zero-order chi connectivity index (χ0) is 21.6. The molecule has 0 aliphatic carbocycles. The fourth-order valence-corrected chi connectivity index (χ4v) is 4.29. The van der Waals surface area contributed by atoms with Gasteiger partial charge in [-0.15, -0.1) is 0 Å². The van der Waals surface area contributed by atoms with E-state index >= 15 is 0 Å². The molecule has 156 valence electrons. The van der Waals surface area contributed by atoms with E-state index in [4.69, 9.17) is 0 Å². The van der Waals surface area contributed by atoms with E-state index in [2.05, 4.69) is 10.6 Å². The summed E-state index contributed by atoms with van der Waals surface area (Å²) < 4.78 is 26.8. The number of benzene rings is 2. The topological polar surface area (TPSA) is 95.6 Å². The van der Waals surface area contributed by atoms with Gasteiger partial charge < -0.3 is 10.6 Å². The highest BCUT2D eigenvalue weighted by Crippen LogP contribution is 2.22. The lowest BCUT2D eigenvalue weighted by Gasteiger charge is -2.18. The molecule has 8 heteroatoms. The molecule has 2 N–H and O–H groups in total. The fraction of sp³-hybridized carbons (Fsp3) is 0.333. The van der Waals surface area contributed by atoms with Crippen LogP contribution in [0.4, 0.5) is 11.4 Å². The Morgan fingerprint density at radius 3 is 2.28 bits per heavy atom. The van der Waals surface area contributed by atoms with Gasteiger partial charge in [-0.25, -0.2) is 8.42 Å². The third-order valence-corrected chi connectivity index (χ3v) is 6.58. The number of hydrogen-bond donors (Lipinski definition) is 2. The van der Waals surface area contributed by atoms with Crippen molar-refractivity contribution in [1.82, 2.24) is 4.31 Å². The smallest absolute Gasteiger partial charge is 0.255 e. The van der Waals surface area contributed by atoms with Crippen LogP contribution in [0.25, 0.3) is 0 Å². The lowest BCUT2D eigenvalue weighted by atomic mass is 10.1. The van der Waals surface area contributed by atoms with Crippen LogP contribution < -0.4 is 10.6 Å². The van der Waals surface area contributed by atoms with Crippen LogP contribution in [0.5, 0.6) is 0 Å². The average Bonchev–Trinajstić information content (AvgIpc) is 2.71. The molecule has 0 saturated carbocycles. The molecule has 0 unspecified atom stereocenters. The highest BCUT2D eigenvalue weighted by molar-refractivity contribution is 7.89. The highest BCUT2D eigenvalue weighted by Gasteiger charge is 2.22. The molecule has 2 aromatic carbocycles. The van der Waals surface area contributed by atoms with E-state index in [0.717, 1.165) is 5.56 Å². The number of anilines is 2. The Balaban J connectivity index is 2.28. The van der Waals surface area contributed by atoms with Gasteiger partial charge in [0, 0.05) is 36.4 Å². The first kappa shape index (κ1) is 22.6. The third-order valence-electron chi connectivity index (χ3n) is 4.53. The molecule has 2 aromatic rings. The molecule has 0 atom stereocenters. The van der Waals surface area contributed by atoms with Crippen LogP contribution >= 0.6 is 0 Å². The van der Waals surface area contributed by atoms with Gasteiger partial charge in [0.1, 0.15) is 0 Å². The normalized spacial score (nSPS) is 11.3.